The van der Waals surface area contributed by atoms with Gasteiger partial charge < -0.3 is 4.57 Å². The maximum Gasteiger partial charge on any atom is 0.0716 e. The molecule has 1 aliphatic carbocycles. The third kappa shape index (κ3) is 5.59. The van der Waals surface area contributed by atoms with E-state index in [0.29, 0.717) is 0 Å². The molecule has 0 N–H and O–H groups in total. The van der Waals surface area contributed by atoms with Gasteiger partial charge in [0.2, 0.25) is 0 Å². The van der Waals surface area contributed by atoms with E-state index in [4.69, 9.17) is 0 Å². The van der Waals surface area contributed by atoms with Crippen LogP contribution in [0.4, 0.5) is 0 Å². The first-order valence-corrected chi connectivity index (χ1v) is 20.7. The van der Waals surface area contributed by atoms with Gasteiger partial charge in [0.1, 0.15) is 0 Å². The van der Waals surface area contributed by atoms with Crippen molar-refractivity contribution in [3.8, 4) is 39.1 Å². The Morgan fingerprint density at radius 1 is 0.397 bits per heavy atom. The number of hydrogen-bond acceptors (Lipinski definition) is 0. The van der Waals surface area contributed by atoms with E-state index >= 15 is 0 Å². The zero-order valence-corrected chi connectivity index (χ0v) is 34.3. The van der Waals surface area contributed by atoms with E-state index in [-0.39, 0.29) is 10.8 Å². The van der Waals surface area contributed by atoms with E-state index in [1.807, 2.05) is 0 Å². The molecule has 0 unspecified atom stereocenters. The lowest BCUT2D eigenvalue weighted by Crippen LogP contribution is -2.32. The highest BCUT2D eigenvalue weighted by Crippen LogP contribution is 2.60. The molecular formula is C57H49N. The molecule has 8 aromatic carbocycles. The summed E-state index contributed by atoms with van der Waals surface area (Å²) in [4.78, 5) is 0. The van der Waals surface area contributed by atoms with Crippen molar-refractivity contribution in [1.29, 1.82) is 0 Å². The zero-order chi connectivity index (χ0) is 39.8. The van der Waals surface area contributed by atoms with E-state index in [0.717, 1.165) is 0 Å². The molecule has 10 rings (SSSR count). The Bertz CT molecular complexity index is 2930. The fourth-order valence-electron chi connectivity index (χ4n) is 9.70. The Morgan fingerprint density at radius 2 is 0.879 bits per heavy atom. The van der Waals surface area contributed by atoms with Crippen molar-refractivity contribution in [1.82, 2.24) is 4.57 Å². The number of fused-ring (bicyclic) bond motifs is 6. The molecule has 0 radical (unpaired) electrons. The Kier molecular flexibility index (Phi) is 8.25. The van der Waals surface area contributed by atoms with E-state index in [1.165, 1.54) is 94.3 Å². The Balaban J connectivity index is 1.26. The molecule has 0 saturated carbocycles. The predicted molar refractivity (Wildman–Crippen MR) is 246 cm³/mol. The molecule has 1 heteroatoms. The number of nitrogens with zero attached hydrogens (tertiary/aromatic N) is 1. The maximum absolute atomic E-state index is 2.52. The van der Waals surface area contributed by atoms with Gasteiger partial charge in [-0.3, -0.25) is 0 Å². The third-order valence-electron chi connectivity index (χ3n) is 12.5. The molecule has 1 heterocycles. The molecule has 1 nitrogen and oxygen atoms in total. The highest BCUT2D eigenvalue weighted by molar-refractivity contribution is 6.11. The summed E-state index contributed by atoms with van der Waals surface area (Å²) in [5.41, 5.74) is 18.7. The van der Waals surface area contributed by atoms with Gasteiger partial charge in [-0.15, -0.1) is 0 Å². The van der Waals surface area contributed by atoms with E-state index in [2.05, 4.69) is 234 Å². The van der Waals surface area contributed by atoms with Gasteiger partial charge in [-0.25, -0.2) is 0 Å². The normalized spacial score (nSPS) is 13.5. The quantitative estimate of drug-likeness (QED) is 0.165. The van der Waals surface area contributed by atoms with Crippen LogP contribution in [-0.2, 0) is 16.2 Å². The summed E-state index contributed by atoms with van der Waals surface area (Å²) in [6, 6.07) is 70.3. The van der Waals surface area contributed by atoms with E-state index in [9.17, 15) is 0 Å². The Hall–Kier alpha value is -6.44. The molecule has 9 aromatic rings. The summed E-state index contributed by atoms with van der Waals surface area (Å²) in [5, 5.41) is 2.51. The summed E-state index contributed by atoms with van der Waals surface area (Å²) in [5.74, 6) is 0. The average molecular weight is 748 g/mol. The van der Waals surface area contributed by atoms with Crippen LogP contribution in [0.5, 0.6) is 0 Å². The molecule has 0 aliphatic heterocycles. The summed E-state index contributed by atoms with van der Waals surface area (Å²) in [7, 11) is 0. The summed E-state index contributed by atoms with van der Waals surface area (Å²) < 4.78 is 2.41. The van der Waals surface area contributed by atoms with Crippen LogP contribution in [-0.4, -0.2) is 4.57 Å². The van der Waals surface area contributed by atoms with E-state index < -0.39 is 5.41 Å². The second-order valence-electron chi connectivity index (χ2n) is 18.2. The second kappa shape index (κ2) is 13.3. The molecule has 1 aromatic heterocycles. The summed E-state index contributed by atoms with van der Waals surface area (Å²) in [6.07, 6.45) is 0. The van der Waals surface area contributed by atoms with Crippen LogP contribution in [0.1, 0.15) is 74.9 Å². The lowest BCUT2D eigenvalue weighted by atomic mass is 9.63. The fourth-order valence-corrected chi connectivity index (χ4v) is 9.70. The molecule has 0 atom stereocenters. The van der Waals surface area contributed by atoms with Crippen LogP contribution < -0.4 is 0 Å². The molecule has 1 aliphatic rings. The first kappa shape index (κ1) is 35.9. The number of rotatable bonds is 5. The Morgan fingerprint density at radius 3 is 1.41 bits per heavy atom. The van der Waals surface area contributed by atoms with Crippen LogP contribution in [0.15, 0.2) is 188 Å². The van der Waals surface area contributed by atoms with Crippen molar-refractivity contribution in [2.24, 2.45) is 0 Å². The van der Waals surface area contributed by atoms with Gasteiger partial charge in [0.15, 0.2) is 0 Å². The van der Waals surface area contributed by atoms with Crippen molar-refractivity contribution in [3.05, 3.63) is 221 Å². The molecule has 0 spiro atoms. The molecule has 282 valence electrons. The number of para-hydroxylation sites is 1. The monoisotopic (exact) mass is 747 g/mol. The number of benzene rings is 8. The molecular weight excluding hydrogens is 699 g/mol. The average Bonchev–Trinajstić information content (AvgIpc) is 3.73. The van der Waals surface area contributed by atoms with Gasteiger partial charge in [0.25, 0.3) is 0 Å². The number of hydrogen-bond donors (Lipinski definition) is 0. The molecule has 0 amide bonds. The standard InChI is InChI=1S/C57H49N/c1-55(2,3)44-36-49-46-33-40(27-30-50(46)57(42-21-13-8-14-22-42,43-23-15-9-16-24-43)54(49)51(37-44)56(4,5)6)41-29-32-53-48(35-41)47-34-39(38-19-11-7-12-20-38)28-31-52(47)58(53)45-25-17-10-18-26-45/h7-37H,1-6H3. The minimum absolute atomic E-state index is 0.0197. The SMILES string of the molecule is CC(C)(C)c1cc2c(c(C(C)(C)C)c1)C(c1ccccc1)(c1ccccc1)c1ccc(-c3ccc4c(c3)c3cc(-c5ccccc5)ccc3n4-c3ccccc3)cc1-2. The van der Waals surface area contributed by atoms with Crippen LogP contribution in [0.3, 0.4) is 0 Å². The first-order valence-electron chi connectivity index (χ1n) is 20.7. The van der Waals surface area contributed by atoms with Crippen LogP contribution in [0, 0.1) is 0 Å². The minimum atomic E-state index is -0.481. The number of aromatic nitrogens is 1. The Labute approximate surface area is 343 Å². The maximum atomic E-state index is 2.52. The van der Waals surface area contributed by atoms with Crippen LogP contribution >= 0.6 is 0 Å². The largest absolute Gasteiger partial charge is 0.309 e. The first-order chi connectivity index (χ1) is 28.0. The van der Waals surface area contributed by atoms with Gasteiger partial charge >= 0.3 is 0 Å². The predicted octanol–water partition coefficient (Wildman–Crippen LogP) is 15.1. The van der Waals surface area contributed by atoms with Crippen molar-refractivity contribution in [2.75, 3.05) is 0 Å². The minimum Gasteiger partial charge on any atom is -0.309 e. The van der Waals surface area contributed by atoms with Gasteiger partial charge in [-0.1, -0.05) is 187 Å². The smallest absolute Gasteiger partial charge is 0.0716 e. The zero-order valence-electron chi connectivity index (χ0n) is 34.3. The highest BCUT2D eigenvalue weighted by atomic mass is 15.0. The molecule has 58 heavy (non-hydrogen) atoms. The fraction of sp³-hybridized carbons (Fsp3) is 0.158. The van der Waals surface area contributed by atoms with Crippen molar-refractivity contribution >= 4 is 21.8 Å². The lowest BCUT2D eigenvalue weighted by molar-refractivity contribution is 0.557. The molecule has 0 fully saturated rings. The second-order valence-corrected chi connectivity index (χ2v) is 18.2. The van der Waals surface area contributed by atoms with Gasteiger partial charge in [-0.2, -0.15) is 0 Å². The van der Waals surface area contributed by atoms with Crippen LogP contribution in [0.2, 0.25) is 0 Å². The summed E-state index contributed by atoms with van der Waals surface area (Å²) in [6.45, 7) is 14.2. The third-order valence-corrected chi connectivity index (χ3v) is 12.5. The van der Waals surface area contributed by atoms with Crippen molar-refractivity contribution < 1.29 is 0 Å². The molecule has 0 bridgehead atoms. The highest BCUT2D eigenvalue weighted by Gasteiger charge is 2.49. The van der Waals surface area contributed by atoms with Crippen molar-refractivity contribution in [2.45, 2.75) is 57.8 Å². The van der Waals surface area contributed by atoms with Gasteiger partial charge in [-0.05, 0) is 120 Å². The van der Waals surface area contributed by atoms with Crippen LogP contribution in [0.25, 0.3) is 60.9 Å². The van der Waals surface area contributed by atoms with Gasteiger partial charge in [0.05, 0.1) is 16.4 Å². The topological polar surface area (TPSA) is 4.93 Å². The molecule has 0 saturated heterocycles. The van der Waals surface area contributed by atoms with Crippen molar-refractivity contribution in [3.63, 3.8) is 0 Å². The van der Waals surface area contributed by atoms with E-state index in [1.54, 1.807) is 0 Å². The lowest BCUT2D eigenvalue weighted by Gasteiger charge is -2.38. The summed E-state index contributed by atoms with van der Waals surface area (Å²) >= 11 is 0. The van der Waals surface area contributed by atoms with Gasteiger partial charge in [0, 0.05) is 16.5 Å².